The molecule has 5 rings (SSSR count). The molecule has 31 heavy (non-hydrogen) atoms. The fraction of sp³-hybridized carbons (Fsp3) is 0.375. The summed E-state index contributed by atoms with van der Waals surface area (Å²) >= 11 is 0. The number of ether oxygens (including phenoxy) is 1. The number of amides is 2. The maximum Gasteiger partial charge on any atom is 0.269 e. The van der Waals surface area contributed by atoms with Gasteiger partial charge in [-0.2, -0.15) is 0 Å². The van der Waals surface area contributed by atoms with Crippen molar-refractivity contribution in [3.8, 4) is 5.75 Å². The summed E-state index contributed by atoms with van der Waals surface area (Å²) in [5, 5.41) is 5.74. The van der Waals surface area contributed by atoms with Crippen molar-refractivity contribution in [2.24, 2.45) is 0 Å². The van der Waals surface area contributed by atoms with E-state index in [1.807, 2.05) is 0 Å². The van der Waals surface area contributed by atoms with Gasteiger partial charge in [-0.15, -0.1) is 0 Å². The Morgan fingerprint density at radius 1 is 1.13 bits per heavy atom. The van der Waals surface area contributed by atoms with Crippen LogP contribution in [0.15, 0.2) is 42.5 Å². The maximum atomic E-state index is 12.5. The smallest absolute Gasteiger partial charge is 0.269 e. The molecule has 3 aliphatic rings. The van der Waals surface area contributed by atoms with Crippen molar-refractivity contribution in [3.05, 3.63) is 59.2 Å². The van der Waals surface area contributed by atoms with Gasteiger partial charge in [-0.3, -0.25) is 19.3 Å². The first-order valence-corrected chi connectivity index (χ1v) is 10.8. The molecule has 0 atom stereocenters. The van der Waals surface area contributed by atoms with Gasteiger partial charge in [-0.05, 0) is 42.2 Å². The third-order valence-corrected chi connectivity index (χ3v) is 6.32. The molecule has 1 spiro atoms. The molecule has 1 fully saturated rings. The number of Topliss-reactive ketones (excluding diaryl/α,β-unsaturated/α-hetero) is 1. The average molecular weight is 419 g/mol. The minimum absolute atomic E-state index is 0.0170. The molecule has 2 N–H and O–H groups in total. The van der Waals surface area contributed by atoms with Gasteiger partial charge in [0.1, 0.15) is 11.5 Å². The highest BCUT2D eigenvalue weighted by Gasteiger charge is 2.54. The van der Waals surface area contributed by atoms with Crippen molar-refractivity contribution < 1.29 is 19.1 Å². The summed E-state index contributed by atoms with van der Waals surface area (Å²) in [4.78, 5) is 38.6. The van der Waals surface area contributed by atoms with Crippen molar-refractivity contribution >= 4 is 23.3 Å². The molecule has 2 amide bonds. The number of carbonyl (C=O) groups is 3. The van der Waals surface area contributed by atoms with Crippen LogP contribution < -0.4 is 15.4 Å². The van der Waals surface area contributed by atoms with Crippen molar-refractivity contribution in [1.29, 1.82) is 0 Å². The summed E-state index contributed by atoms with van der Waals surface area (Å²) in [6.07, 6.45) is 2.14. The Bertz CT molecular complexity index is 1060. The molecule has 0 radical (unpaired) electrons. The first-order valence-electron chi connectivity index (χ1n) is 10.8. The Kier molecular flexibility index (Phi) is 4.98. The van der Waals surface area contributed by atoms with E-state index in [2.05, 4.69) is 39.8 Å². The molecule has 0 saturated heterocycles. The van der Waals surface area contributed by atoms with Gasteiger partial charge in [0, 0.05) is 31.7 Å². The summed E-state index contributed by atoms with van der Waals surface area (Å²) < 4.78 is 5.79. The van der Waals surface area contributed by atoms with E-state index in [4.69, 9.17) is 4.74 Å². The zero-order valence-electron chi connectivity index (χ0n) is 17.3. The van der Waals surface area contributed by atoms with E-state index in [0.717, 1.165) is 32.5 Å². The quantitative estimate of drug-likeness (QED) is 0.726. The number of ketones is 1. The maximum absolute atomic E-state index is 12.5. The number of carbonyl (C=O) groups excluding carboxylic acids is 3. The van der Waals surface area contributed by atoms with E-state index in [1.165, 1.54) is 11.1 Å². The zero-order valence-corrected chi connectivity index (χ0v) is 17.3. The third kappa shape index (κ3) is 3.81. The first kappa shape index (κ1) is 19.8. The first-order chi connectivity index (χ1) is 15.0. The zero-order chi connectivity index (χ0) is 21.4. The third-order valence-electron chi connectivity index (χ3n) is 6.32. The van der Waals surface area contributed by atoms with Gasteiger partial charge in [-0.25, -0.2) is 0 Å². The van der Waals surface area contributed by atoms with E-state index in [1.54, 1.807) is 18.2 Å². The van der Waals surface area contributed by atoms with Crippen LogP contribution in [-0.2, 0) is 22.6 Å². The highest BCUT2D eigenvalue weighted by atomic mass is 16.5. The summed E-state index contributed by atoms with van der Waals surface area (Å²) in [5.41, 5.74) is 2.70. The number of benzene rings is 2. The van der Waals surface area contributed by atoms with Crippen LogP contribution in [0.2, 0.25) is 0 Å². The number of hydrogen-bond acceptors (Lipinski definition) is 5. The van der Waals surface area contributed by atoms with Crippen molar-refractivity contribution in [2.45, 2.75) is 37.8 Å². The Morgan fingerprint density at radius 3 is 2.74 bits per heavy atom. The van der Waals surface area contributed by atoms with E-state index in [-0.39, 0.29) is 30.4 Å². The molecule has 1 aliphatic carbocycles. The lowest BCUT2D eigenvalue weighted by atomic mass is 9.77. The molecule has 0 aromatic heterocycles. The van der Waals surface area contributed by atoms with Gasteiger partial charge in [-0.1, -0.05) is 24.3 Å². The second-order valence-electron chi connectivity index (χ2n) is 8.56. The van der Waals surface area contributed by atoms with Gasteiger partial charge in [0.25, 0.3) is 11.8 Å². The van der Waals surface area contributed by atoms with Crippen LogP contribution >= 0.6 is 0 Å². The minimum atomic E-state index is -1.07. The second kappa shape index (κ2) is 7.81. The van der Waals surface area contributed by atoms with Crippen LogP contribution in [0.3, 0.4) is 0 Å². The molecule has 2 aromatic carbocycles. The number of nitrogens with zero attached hydrogens (tertiary/aromatic N) is 1. The minimum Gasteiger partial charge on any atom is -0.474 e. The number of hydrogen-bond donors (Lipinski definition) is 2. The van der Waals surface area contributed by atoms with E-state index >= 15 is 0 Å². The normalized spacial score (nSPS) is 19.0. The largest absolute Gasteiger partial charge is 0.474 e. The molecular formula is C24H25N3O4. The molecule has 2 aromatic rings. The van der Waals surface area contributed by atoms with Crippen LogP contribution in [0, 0.1) is 0 Å². The Morgan fingerprint density at radius 2 is 1.94 bits per heavy atom. The van der Waals surface area contributed by atoms with E-state index in [9.17, 15) is 14.4 Å². The second-order valence-corrected chi connectivity index (χ2v) is 8.56. The highest BCUT2D eigenvalue weighted by Crippen LogP contribution is 2.42. The molecule has 2 heterocycles. The standard InChI is InChI=1S/C24H25N3O4/c28-19-13-24(14-19)23(30)26-20-12-17(6-7-21(20)31-24)22(29)25-9-3-10-27-11-8-16-4-1-2-5-18(16)15-27/h1-2,4-7,12H,3,8-11,13-15H2,(H,25,29)(H,26,30). The molecule has 0 unspecified atom stereocenters. The van der Waals surface area contributed by atoms with Crippen LogP contribution in [0.4, 0.5) is 5.69 Å². The molecule has 1 saturated carbocycles. The Labute approximate surface area is 180 Å². The van der Waals surface area contributed by atoms with Gasteiger partial charge >= 0.3 is 0 Å². The summed E-state index contributed by atoms with van der Waals surface area (Å²) in [7, 11) is 0. The van der Waals surface area contributed by atoms with Crippen LogP contribution in [0.25, 0.3) is 0 Å². The van der Waals surface area contributed by atoms with Crippen molar-refractivity contribution in [2.75, 3.05) is 25.0 Å². The fourth-order valence-corrected chi connectivity index (χ4v) is 4.52. The summed E-state index contributed by atoms with van der Waals surface area (Å²) in [6.45, 7) is 3.52. The van der Waals surface area contributed by atoms with Gasteiger partial charge in [0.2, 0.25) is 5.60 Å². The van der Waals surface area contributed by atoms with Crippen LogP contribution in [0.5, 0.6) is 5.75 Å². The molecular weight excluding hydrogens is 394 g/mol. The van der Waals surface area contributed by atoms with E-state index < -0.39 is 5.60 Å². The number of rotatable bonds is 5. The predicted molar refractivity (Wildman–Crippen MR) is 115 cm³/mol. The lowest BCUT2D eigenvalue weighted by Gasteiger charge is -2.42. The number of anilines is 1. The number of fused-ring (bicyclic) bond motifs is 2. The monoisotopic (exact) mass is 419 g/mol. The molecule has 0 bridgehead atoms. The molecule has 7 nitrogen and oxygen atoms in total. The summed E-state index contributed by atoms with van der Waals surface area (Å²) in [6, 6.07) is 13.5. The topological polar surface area (TPSA) is 87.7 Å². The summed E-state index contributed by atoms with van der Waals surface area (Å²) in [5.74, 6) is 0.0119. The van der Waals surface area contributed by atoms with Gasteiger partial charge < -0.3 is 15.4 Å². The number of nitrogens with one attached hydrogen (secondary N) is 2. The lowest BCUT2D eigenvalue weighted by molar-refractivity contribution is -0.152. The SMILES string of the molecule is O=C1CC2(C1)Oc1ccc(C(=O)NCCCN3CCc4ccccc4C3)cc1NC2=O. The van der Waals surface area contributed by atoms with E-state index in [0.29, 0.717) is 23.5 Å². The van der Waals surface area contributed by atoms with Crippen molar-refractivity contribution in [3.63, 3.8) is 0 Å². The van der Waals surface area contributed by atoms with Gasteiger partial charge in [0.15, 0.2) is 0 Å². The van der Waals surface area contributed by atoms with Gasteiger partial charge in [0.05, 0.1) is 18.5 Å². The fourth-order valence-electron chi connectivity index (χ4n) is 4.52. The predicted octanol–water partition coefficient (Wildman–Crippen LogP) is 2.30. The molecule has 2 aliphatic heterocycles. The molecule has 160 valence electrons. The van der Waals surface area contributed by atoms with Crippen LogP contribution in [-0.4, -0.2) is 47.7 Å². The highest BCUT2D eigenvalue weighted by molar-refractivity contribution is 6.10. The Hall–Kier alpha value is -3.19. The Balaban J connectivity index is 1.12. The average Bonchev–Trinajstić information content (AvgIpc) is 2.76. The van der Waals surface area contributed by atoms with Crippen LogP contribution in [0.1, 0.15) is 40.7 Å². The van der Waals surface area contributed by atoms with Crippen molar-refractivity contribution in [1.82, 2.24) is 10.2 Å². The molecule has 7 heteroatoms. The lowest BCUT2D eigenvalue weighted by Crippen LogP contribution is -2.59.